The van der Waals surface area contributed by atoms with Crippen LogP contribution in [-0.4, -0.2) is 76.6 Å². The van der Waals surface area contributed by atoms with Gasteiger partial charge >= 0.3 is 0 Å². The molecule has 2 aliphatic rings. The Bertz CT molecular complexity index is 1920. The van der Waals surface area contributed by atoms with Gasteiger partial charge in [-0.1, -0.05) is 41.9 Å². The van der Waals surface area contributed by atoms with Gasteiger partial charge in [-0.3, -0.25) is 4.79 Å². The predicted octanol–water partition coefficient (Wildman–Crippen LogP) is 3.21. The minimum Gasteiger partial charge on any atom is -0.308 e. The van der Waals surface area contributed by atoms with Crippen LogP contribution in [0.2, 0.25) is 5.02 Å². The van der Waals surface area contributed by atoms with Crippen molar-refractivity contribution in [2.45, 2.75) is 54.9 Å². The summed E-state index contributed by atoms with van der Waals surface area (Å²) < 4.78 is 57.8. The molecule has 2 aromatic heterocycles. The van der Waals surface area contributed by atoms with Gasteiger partial charge in [-0.15, -0.1) is 5.10 Å². The standard InChI is InChI=1S/C28H32ClN7O5S2/c1-19-12-15-34(16-13-19)42(38,39)22-8-10-23(11-9-22)43(40,41)35-14-4-6-21(17-35)26-30-27-25(28(37)31-26)32-33-36(27)18-20-5-2-3-7-24(20)29/h2-3,5,7-11,19,21H,4,6,12-18H2,1H3,(H,30,31,37)/t21-/m1/s1. The number of piperidine rings is 2. The van der Waals surface area contributed by atoms with Crippen LogP contribution in [0.25, 0.3) is 11.2 Å². The number of sulfonamides is 2. The quantitative estimate of drug-likeness (QED) is 0.322. The van der Waals surface area contributed by atoms with Gasteiger partial charge in [0.05, 0.1) is 16.3 Å². The van der Waals surface area contributed by atoms with E-state index in [1.807, 2.05) is 18.2 Å². The molecule has 0 saturated carbocycles. The monoisotopic (exact) mass is 645 g/mol. The number of rotatable bonds is 7. The molecular formula is C28H32ClN7O5S2. The molecule has 2 saturated heterocycles. The maximum atomic E-state index is 13.6. The molecule has 6 rings (SSSR count). The van der Waals surface area contributed by atoms with Crippen LogP contribution < -0.4 is 5.56 Å². The van der Waals surface area contributed by atoms with Crippen LogP contribution in [0.4, 0.5) is 0 Å². The molecule has 43 heavy (non-hydrogen) atoms. The Morgan fingerprint density at radius 3 is 2.23 bits per heavy atom. The fourth-order valence-corrected chi connectivity index (χ4v) is 8.85. The summed E-state index contributed by atoms with van der Waals surface area (Å²) in [7, 11) is -7.63. The number of fused-ring (bicyclic) bond motifs is 1. The van der Waals surface area contributed by atoms with Gasteiger partial charge < -0.3 is 4.98 Å². The first kappa shape index (κ1) is 29.9. The second-order valence-corrected chi connectivity index (χ2v) is 15.5. The molecule has 0 unspecified atom stereocenters. The number of hydrogen-bond donors (Lipinski definition) is 1. The van der Waals surface area contributed by atoms with Crippen LogP contribution in [0.3, 0.4) is 0 Å². The van der Waals surface area contributed by atoms with E-state index < -0.39 is 25.6 Å². The Hall–Kier alpha value is -3.17. The maximum Gasteiger partial charge on any atom is 0.281 e. The fourth-order valence-electron chi connectivity index (χ4n) is 5.66. The van der Waals surface area contributed by atoms with Crippen molar-refractivity contribution in [2.75, 3.05) is 26.2 Å². The first-order chi connectivity index (χ1) is 20.5. The van der Waals surface area contributed by atoms with Crippen molar-refractivity contribution in [3.8, 4) is 0 Å². The Labute approximate surface area is 254 Å². The Morgan fingerprint density at radius 2 is 1.56 bits per heavy atom. The minimum atomic E-state index is -3.93. The van der Waals surface area contributed by atoms with E-state index in [9.17, 15) is 21.6 Å². The summed E-state index contributed by atoms with van der Waals surface area (Å²) >= 11 is 6.31. The Balaban J connectivity index is 1.22. The first-order valence-corrected chi connectivity index (χ1v) is 17.5. The van der Waals surface area contributed by atoms with E-state index >= 15 is 0 Å². The van der Waals surface area contributed by atoms with Gasteiger partial charge in [0.15, 0.2) is 11.2 Å². The smallest absolute Gasteiger partial charge is 0.281 e. The molecule has 0 amide bonds. The second-order valence-electron chi connectivity index (χ2n) is 11.2. The van der Waals surface area contributed by atoms with E-state index in [-0.39, 0.29) is 34.3 Å². The molecule has 12 nitrogen and oxygen atoms in total. The lowest BCUT2D eigenvalue weighted by Crippen LogP contribution is -2.40. The number of halogens is 1. The summed E-state index contributed by atoms with van der Waals surface area (Å²) in [6.45, 7) is 3.68. The van der Waals surface area contributed by atoms with Crippen LogP contribution in [0, 0.1) is 5.92 Å². The molecule has 0 radical (unpaired) electrons. The van der Waals surface area contributed by atoms with Crippen LogP contribution in [0.5, 0.6) is 0 Å². The van der Waals surface area contributed by atoms with Crippen molar-refractivity contribution in [3.05, 3.63) is 75.3 Å². The zero-order valence-electron chi connectivity index (χ0n) is 23.6. The van der Waals surface area contributed by atoms with Crippen molar-refractivity contribution in [1.29, 1.82) is 0 Å². The highest BCUT2D eigenvalue weighted by Crippen LogP contribution is 2.30. The molecule has 4 heterocycles. The van der Waals surface area contributed by atoms with Crippen molar-refractivity contribution < 1.29 is 16.8 Å². The molecule has 2 aliphatic heterocycles. The average molecular weight is 646 g/mol. The Morgan fingerprint density at radius 1 is 0.907 bits per heavy atom. The minimum absolute atomic E-state index is 0.0123. The van der Waals surface area contributed by atoms with E-state index in [4.69, 9.17) is 11.6 Å². The number of benzene rings is 2. The molecule has 228 valence electrons. The normalized spacial score (nSPS) is 19.6. The average Bonchev–Trinajstić information content (AvgIpc) is 3.42. The highest BCUT2D eigenvalue weighted by Gasteiger charge is 2.33. The van der Waals surface area contributed by atoms with Gasteiger partial charge in [-0.05, 0) is 67.5 Å². The van der Waals surface area contributed by atoms with Crippen molar-refractivity contribution in [1.82, 2.24) is 33.6 Å². The molecule has 0 spiro atoms. The molecular weight excluding hydrogens is 614 g/mol. The summed E-state index contributed by atoms with van der Waals surface area (Å²) in [6.07, 6.45) is 2.78. The zero-order valence-corrected chi connectivity index (χ0v) is 25.9. The third kappa shape index (κ3) is 5.86. The number of H-pyrrole nitrogens is 1. The first-order valence-electron chi connectivity index (χ1n) is 14.2. The third-order valence-corrected chi connectivity index (χ3v) is 12.4. The highest BCUT2D eigenvalue weighted by molar-refractivity contribution is 7.89. The van der Waals surface area contributed by atoms with Crippen LogP contribution in [0.1, 0.15) is 49.9 Å². The van der Waals surface area contributed by atoms with Crippen molar-refractivity contribution >= 4 is 42.8 Å². The summed E-state index contributed by atoms with van der Waals surface area (Å²) in [5.74, 6) is 0.470. The summed E-state index contributed by atoms with van der Waals surface area (Å²) in [5.41, 5.74) is 0.716. The van der Waals surface area contributed by atoms with E-state index in [1.165, 1.54) is 37.6 Å². The SMILES string of the molecule is CC1CCN(S(=O)(=O)c2ccc(S(=O)(=O)N3CCC[C@@H](c4nc5c(nnn5Cc5ccccc5Cl)c(=O)[nH]4)C3)cc2)CC1. The number of aromatic nitrogens is 5. The lowest BCUT2D eigenvalue weighted by atomic mass is 9.99. The molecule has 0 bridgehead atoms. The molecule has 1 N–H and O–H groups in total. The summed E-state index contributed by atoms with van der Waals surface area (Å²) in [6, 6.07) is 12.7. The topological polar surface area (TPSA) is 151 Å². The van der Waals surface area contributed by atoms with Crippen molar-refractivity contribution in [3.63, 3.8) is 0 Å². The van der Waals surface area contributed by atoms with Crippen molar-refractivity contribution in [2.24, 2.45) is 5.92 Å². The molecule has 1 atom stereocenters. The van der Waals surface area contributed by atoms with Gasteiger partial charge in [0.25, 0.3) is 5.56 Å². The molecule has 2 fully saturated rings. The number of hydrogen-bond acceptors (Lipinski definition) is 8. The molecule has 4 aromatic rings. The third-order valence-electron chi connectivity index (χ3n) is 8.28. The second kappa shape index (κ2) is 11.7. The molecule has 15 heteroatoms. The van der Waals surface area contributed by atoms with Gasteiger partial charge in [0.2, 0.25) is 20.0 Å². The highest BCUT2D eigenvalue weighted by atomic mass is 35.5. The maximum absolute atomic E-state index is 13.6. The van der Waals surface area contributed by atoms with Gasteiger partial charge in [-0.25, -0.2) is 26.5 Å². The van der Waals surface area contributed by atoms with Gasteiger partial charge in [0, 0.05) is 37.1 Å². The predicted molar refractivity (Wildman–Crippen MR) is 161 cm³/mol. The number of nitrogens with one attached hydrogen (secondary N) is 1. The molecule has 2 aromatic carbocycles. The molecule has 0 aliphatic carbocycles. The largest absolute Gasteiger partial charge is 0.308 e. The van der Waals surface area contributed by atoms with Gasteiger partial charge in [-0.2, -0.15) is 8.61 Å². The van der Waals surface area contributed by atoms with Crippen LogP contribution in [-0.2, 0) is 26.6 Å². The number of nitrogens with zero attached hydrogens (tertiary/aromatic N) is 6. The lowest BCUT2D eigenvalue weighted by molar-refractivity contribution is 0.288. The van der Waals surface area contributed by atoms with E-state index in [2.05, 4.69) is 27.2 Å². The zero-order chi connectivity index (χ0) is 30.4. The number of aromatic amines is 1. The van der Waals surface area contributed by atoms with Crippen LogP contribution in [0.15, 0.2) is 63.1 Å². The van der Waals surface area contributed by atoms with E-state index in [1.54, 1.807) is 6.07 Å². The fraction of sp³-hybridized carbons (Fsp3) is 0.429. The van der Waals surface area contributed by atoms with Crippen LogP contribution >= 0.6 is 11.6 Å². The summed E-state index contributed by atoms with van der Waals surface area (Å²) in [5, 5.41) is 8.65. The lowest BCUT2D eigenvalue weighted by Gasteiger charge is -2.31. The Kier molecular flexibility index (Phi) is 8.15. The summed E-state index contributed by atoms with van der Waals surface area (Å²) in [4.78, 5) is 20.4. The van der Waals surface area contributed by atoms with Gasteiger partial charge in [0.1, 0.15) is 5.82 Å². The van der Waals surface area contributed by atoms with E-state index in [0.29, 0.717) is 54.9 Å². The van der Waals surface area contributed by atoms with E-state index in [0.717, 1.165) is 18.4 Å².